The van der Waals surface area contributed by atoms with Gasteiger partial charge in [0.05, 0.1) is 9.77 Å². The predicted molar refractivity (Wildman–Crippen MR) is 99.8 cm³/mol. The topological polar surface area (TPSA) is 63.2 Å². The molecule has 4 nitrogen and oxygen atoms in total. The number of carbonyl (C=O) groups excluding carboxylic acids is 1. The molecule has 0 atom stereocenters. The molecule has 3 rings (SSSR count). The van der Waals surface area contributed by atoms with Crippen molar-refractivity contribution in [2.75, 3.05) is 0 Å². The van der Waals surface area contributed by atoms with Gasteiger partial charge in [0.25, 0.3) is 5.91 Å². The van der Waals surface area contributed by atoms with Crippen LogP contribution >= 0.6 is 11.3 Å². The Balaban J connectivity index is 1.71. The molecule has 1 N–H and O–H groups in total. The summed E-state index contributed by atoms with van der Waals surface area (Å²) in [5.74, 6) is -0.162. The van der Waals surface area contributed by atoms with Crippen LogP contribution in [0.4, 0.5) is 0 Å². The lowest BCUT2D eigenvalue weighted by Gasteiger charge is -2.20. The molecule has 1 saturated carbocycles. The van der Waals surface area contributed by atoms with Gasteiger partial charge in [-0.15, -0.1) is 11.3 Å². The molecular formula is C19H23NO3S2. The summed E-state index contributed by atoms with van der Waals surface area (Å²) < 4.78 is 25.5. The summed E-state index contributed by atoms with van der Waals surface area (Å²) >= 11 is 1.04. The number of thiophene rings is 1. The van der Waals surface area contributed by atoms with Gasteiger partial charge in [-0.25, -0.2) is 8.42 Å². The van der Waals surface area contributed by atoms with Gasteiger partial charge in [0.15, 0.2) is 0 Å². The predicted octanol–water partition coefficient (Wildman–Crippen LogP) is 4.42. The molecule has 0 spiro atoms. The quantitative estimate of drug-likeness (QED) is 0.858. The van der Waals surface area contributed by atoms with E-state index in [2.05, 4.69) is 5.32 Å². The van der Waals surface area contributed by atoms with Crippen molar-refractivity contribution < 1.29 is 13.2 Å². The SMILES string of the molecule is O=C(NC1CCCCCCC1)c1ccc(S(=O)(=O)c2ccccc2)s1. The standard InChI is InChI=1S/C19H23NO3S2/c21-19(20-15-9-5-2-1-3-6-10-15)17-13-14-18(24-17)25(22,23)16-11-7-4-8-12-16/h4,7-8,11-15H,1-3,5-6,9-10H2,(H,20,21). The number of rotatable bonds is 4. The molecule has 1 fully saturated rings. The Morgan fingerprint density at radius 1 is 0.920 bits per heavy atom. The molecule has 6 heteroatoms. The Labute approximate surface area is 153 Å². The van der Waals surface area contributed by atoms with Crippen LogP contribution in [0.2, 0.25) is 0 Å². The lowest BCUT2D eigenvalue weighted by atomic mass is 9.97. The Morgan fingerprint density at radius 3 is 2.24 bits per heavy atom. The van der Waals surface area contributed by atoms with E-state index in [9.17, 15) is 13.2 Å². The van der Waals surface area contributed by atoms with Gasteiger partial charge in [0.1, 0.15) is 4.21 Å². The summed E-state index contributed by atoms with van der Waals surface area (Å²) in [6.45, 7) is 0. The third kappa shape index (κ3) is 4.50. The lowest BCUT2D eigenvalue weighted by molar-refractivity contribution is 0.0934. The second kappa shape index (κ2) is 8.15. The molecule has 0 radical (unpaired) electrons. The Bertz CT molecular complexity index is 804. The zero-order valence-electron chi connectivity index (χ0n) is 14.1. The van der Waals surface area contributed by atoms with Crippen LogP contribution in [0.25, 0.3) is 0 Å². The highest BCUT2D eigenvalue weighted by Gasteiger charge is 2.22. The second-order valence-corrected chi connectivity index (χ2v) is 9.71. The van der Waals surface area contributed by atoms with Crippen LogP contribution in [0, 0.1) is 0 Å². The van der Waals surface area contributed by atoms with Gasteiger partial charge >= 0.3 is 0 Å². The number of nitrogens with one attached hydrogen (secondary N) is 1. The third-order valence-corrected chi connectivity index (χ3v) is 7.91. The Hall–Kier alpha value is -1.66. The number of benzene rings is 1. The van der Waals surface area contributed by atoms with E-state index in [1.165, 1.54) is 25.3 Å². The highest BCUT2D eigenvalue weighted by Crippen LogP contribution is 2.28. The van der Waals surface area contributed by atoms with Crippen LogP contribution in [0.15, 0.2) is 51.6 Å². The first kappa shape index (κ1) is 18.1. The largest absolute Gasteiger partial charge is 0.349 e. The van der Waals surface area contributed by atoms with Crippen molar-refractivity contribution >= 4 is 27.1 Å². The number of amides is 1. The van der Waals surface area contributed by atoms with Crippen LogP contribution < -0.4 is 5.32 Å². The first-order chi connectivity index (χ1) is 12.1. The first-order valence-electron chi connectivity index (χ1n) is 8.78. The van der Waals surface area contributed by atoms with Gasteiger partial charge < -0.3 is 5.32 Å². The van der Waals surface area contributed by atoms with Crippen LogP contribution in [0.3, 0.4) is 0 Å². The fraction of sp³-hybridized carbons (Fsp3) is 0.421. The van der Waals surface area contributed by atoms with Gasteiger partial charge in [-0.05, 0) is 37.1 Å². The molecule has 25 heavy (non-hydrogen) atoms. The zero-order valence-corrected chi connectivity index (χ0v) is 15.7. The van der Waals surface area contributed by atoms with Crippen LogP contribution in [0.5, 0.6) is 0 Å². The van der Waals surface area contributed by atoms with Crippen molar-refractivity contribution in [1.29, 1.82) is 0 Å². The van der Waals surface area contributed by atoms with Gasteiger partial charge in [0, 0.05) is 6.04 Å². The molecule has 1 amide bonds. The van der Waals surface area contributed by atoms with Crippen molar-refractivity contribution in [3.63, 3.8) is 0 Å². The van der Waals surface area contributed by atoms with E-state index in [1.54, 1.807) is 36.4 Å². The highest BCUT2D eigenvalue weighted by molar-refractivity contribution is 7.93. The van der Waals surface area contributed by atoms with Crippen molar-refractivity contribution in [2.45, 2.75) is 60.1 Å². The van der Waals surface area contributed by atoms with E-state index in [1.807, 2.05) is 0 Å². The summed E-state index contributed by atoms with van der Waals surface area (Å²) in [6, 6.07) is 11.7. The molecule has 1 aromatic carbocycles. The van der Waals surface area contributed by atoms with Crippen LogP contribution in [0.1, 0.15) is 54.6 Å². The molecule has 1 heterocycles. The molecule has 0 bridgehead atoms. The van der Waals surface area contributed by atoms with Gasteiger partial charge in [-0.1, -0.05) is 50.3 Å². The second-order valence-electron chi connectivity index (χ2n) is 6.45. The Kier molecular flexibility index (Phi) is 5.91. The van der Waals surface area contributed by atoms with Gasteiger partial charge in [-0.3, -0.25) is 4.79 Å². The number of sulfone groups is 1. The monoisotopic (exact) mass is 377 g/mol. The van der Waals surface area contributed by atoms with E-state index in [0.717, 1.165) is 37.0 Å². The van der Waals surface area contributed by atoms with E-state index >= 15 is 0 Å². The maximum atomic E-state index is 12.6. The summed E-state index contributed by atoms with van der Waals surface area (Å²) in [5, 5.41) is 3.08. The van der Waals surface area contributed by atoms with E-state index in [0.29, 0.717) is 4.88 Å². The van der Waals surface area contributed by atoms with Crippen molar-refractivity contribution in [2.24, 2.45) is 0 Å². The smallest absolute Gasteiger partial charge is 0.261 e. The molecule has 0 aliphatic heterocycles. The third-order valence-electron chi connectivity index (χ3n) is 4.56. The summed E-state index contributed by atoms with van der Waals surface area (Å²) in [6.07, 6.45) is 8.03. The van der Waals surface area contributed by atoms with E-state index < -0.39 is 9.84 Å². The Morgan fingerprint density at radius 2 is 1.56 bits per heavy atom. The molecular weight excluding hydrogens is 354 g/mol. The normalized spacial score (nSPS) is 16.8. The molecule has 2 aromatic rings. The minimum atomic E-state index is -3.56. The molecule has 1 aliphatic carbocycles. The van der Waals surface area contributed by atoms with Gasteiger partial charge in [0.2, 0.25) is 9.84 Å². The molecule has 134 valence electrons. The fourth-order valence-electron chi connectivity index (χ4n) is 3.16. The average Bonchev–Trinajstić information content (AvgIpc) is 3.09. The highest BCUT2D eigenvalue weighted by atomic mass is 32.2. The molecule has 0 saturated heterocycles. The van der Waals surface area contributed by atoms with Crippen LogP contribution in [-0.2, 0) is 9.84 Å². The summed E-state index contributed by atoms with van der Waals surface area (Å²) in [5.41, 5.74) is 0. The minimum absolute atomic E-state index is 0.162. The molecule has 1 aliphatic rings. The van der Waals surface area contributed by atoms with E-state index in [-0.39, 0.29) is 21.1 Å². The maximum absolute atomic E-state index is 12.6. The molecule has 1 aromatic heterocycles. The molecule has 0 unspecified atom stereocenters. The zero-order chi connectivity index (χ0) is 17.7. The lowest BCUT2D eigenvalue weighted by Crippen LogP contribution is -2.34. The minimum Gasteiger partial charge on any atom is -0.349 e. The number of carbonyl (C=O) groups is 1. The van der Waals surface area contributed by atoms with Gasteiger partial charge in [-0.2, -0.15) is 0 Å². The van der Waals surface area contributed by atoms with Crippen molar-refractivity contribution in [1.82, 2.24) is 5.32 Å². The first-order valence-corrected chi connectivity index (χ1v) is 11.1. The van der Waals surface area contributed by atoms with Crippen LogP contribution in [-0.4, -0.2) is 20.4 Å². The summed E-state index contributed by atoms with van der Waals surface area (Å²) in [7, 11) is -3.56. The van der Waals surface area contributed by atoms with E-state index in [4.69, 9.17) is 0 Å². The number of hydrogen-bond donors (Lipinski definition) is 1. The average molecular weight is 378 g/mol. The fourth-order valence-corrected chi connectivity index (χ4v) is 5.79. The number of hydrogen-bond acceptors (Lipinski definition) is 4. The maximum Gasteiger partial charge on any atom is 0.261 e. The van der Waals surface area contributed by atoms with Crippen molar-refractivity contribution in [3.05, 3.63) is 47.3 Å². The van der Waals surface area contributed by atoms with Crippen molar-refractivity contribution in [3.8, 4) is 0 Å². The summed E-state index contributed by atoms with van der Waals surface area (Å²) in [4.78, 5) is 13.2.